The van der Waals surface area contributed by atoms with Crippen molar-refractivity contribution in [2.24, 2.45) is 0 Å². The van der Waals surface area contributed by atoms with Crippen molar-refractivity contribution < 1.29 is 19.1 Å². The van der Waals surface area contributed by atoms with Crippen LogP contribution in [0.2, 0.25) is 0 Å². The van der Waals surface area contributed by atoms with E-state index in [9.17, 15) is 9.59 Å². The highest BCUT2D eigenvalue weighted by atomic mass is 16.5. The Bertz CT molecular complexity index is 432. The lowest BCUT2D eigenvalue weighted by Crippen LogP contribution is -2.55. The average molecular weight is 337 g/mol. The lowest BCUT2D eigenvalue weighted by Gasteiger charge is -2.45. The predicted molar refractivity (Wildman–Crippen MR) is 92.5 cm³/mol. The average Bonchev–Trinajstić information content (AvgIpc) is 2.65. The maximum absolute atomic E-state index is 12.6. The van der Waals surface area contributed by atoms with Gasteiger partial charge in [-0.1, -0.05) is 45.1 Å². The Morgan fingerprint density at radius 3 is 1.71 bits per heavy atom. The van der Waals surface area contributed by atoms with Gasteiger partial charge in [-0.2, -0.15) is 0 Å². The second kappa shape index (κ2) is 9.21. The minimum atomic E-state index is -0.728. The van der Waals surface area contributed by atoms with Crippen LogP contribution >= 0.6 is 0 Å². The topological polar surface area (TPSA) is 55.8 Å². The minimum Gasteiger partial charge on any atom is -0.468 e. The standard InChI is InChI=1S/C19H31NO4/c1-14(18(21)23-2)17(19(22)24-3)20(15-10-6-4-7-11-15)16-12-8-5-9-13-16/h15-17H,1,4-13H2,2-3H3. The molecule has 0 amide bonds. The molecular weight excluding hydrogens is 306 g/mol. The van der Waals surface area contributed by atoms with Crippen molar-refractivity contribution in [1.82, 2.24) is 4.90 Å². The van der Waals surface area contributed by atoms with Crippen molar-refractivity contribution >= 4 is 11.9 Å². The number of carbonyl (C=O) groups is 2. The molecule has 1 unspecified atom stereocenters. The highest BCUT2D eigenvalue weighted by Gasteiger charge is 2.41. The Balaban J connectivity index is 2.32. The van der Waals surface area contributed by atoms with E-state index in [-0.39, 0.29) is 5.57 Å². The first-order valence-electron chi connectivity index (χ1n) is 9.22. The van der Waals surface area contributed by atoms with Crippen molar-refractivity contribution in [3.8, 4) is 0 Å². The van der Waals surface area contributed by atoms with Gasteiger partial charge in [-0.3, -0.25) is 4.90 Å². The molecule has 0 aliphatic heterocycles. The van der Waals surface area contributed by atoms with Crippen molar-refractivity contribution in [1.29, 1.82) is 0 Å². The van der Waals surface area contributed by atoms with E-state index in [1.165, 1.54) is 52.7 Å². The highest BCUT2D eigenvalue weighted by molar-refractivity contribution is 5.97. The fourth-order valence-corrected chi connectivity index (χ4v) is 4.28. The van der Waals surface area contributed by atoms with Gasteiger partial charge in [-0.15, -0.1) is 0 Å². The van der Waals surface area contributed by atoms with Crippen LogP contribution in [-0.2, 0) is 19.1 Å². The molecule has 5 heteroatoms. The number of carbonyl (C=O) groups excluding carboxylic acids is 2. The first kappa shape index (κ1) is 19.0. The molecule has 2 saturated carbocycles. The van der Waals surface area contributed by atoms with Crippen molar-refractivity contribution in [3.05, 3.63) is 12.2 Å². The largest absolute Gasteiger partial charge is 0.468 e. The Morgan fingerprint density at radius 2 is 1.33 bits per heavy atom. The van der Waals surface area contributed by atoms with Crippen LogP contribution < -0.4 is 0 Å². The number of hydrogen-bond donors (Lipinski definition) is 0. The van der Waals surface area contributed by atoms with Crippen molar-refractivity contribution in [2.45, 2.75) is 82.3 Å². The van der Waals surface area contributed by atoms with Crippen LogP contribution in [0.15, 0.2) is 12.2 Å². The van der Waals surface area contributed by atoms with Gasteiger partial charge in [-0.25, -0.2) is 9.59 Å². The summed E-state index contributed by atoms with van der Waals surface area (Å²) in [7, 11) is 2.70. The van der Waals surface area contributed by atoms with Gasteiger partial charge >= 0.3 is 11.9 Å². The van der Waals surface area contributed by atoms with Gasteiger partial charge < -0.3 is 9.47 Å². The first-order valence-corrected chi connectivity index (χ1v) is 9.22. The molecule has 1 atom stereocenters. The van der Waals surface area contributed by atoms with E-state index < -0.39 is 18.0 Å². The molecule has 2 rings (SSSR count). The van der Waals surface area contributed by atoms with Crippen LogP contribution in [0.1, 0.15) is 64.2 Å². The zero-order valence-corrected chi connectivity index (χ0v) is 15.1. The third-order valence-electron chi connectivity index (χ3n) is 5.49. The van der Waals surface area contributed by atoms with Gasteiger partial charge in [0.1, 0.15) is 6.04 Å². The van der Waals surface area contributed by atoms with E-state index >= 15 is 0 Å². The lowest BCUT2D eigenvalue weighted by molar-refractivity contribution is -0.151. The lowest BCUT2D eigenvalue weighted by atomic mass is 9.86. The van der Waals surface area contributed by atoms with Crippen LogP contribution in [0.3, 0.4) is 0 Å². The smallest absolute Gasteiger partial charge is 0.335 e. The summed E-state index contributed by atoms with van der Waals surface area (Å²) in [6, 6.07) is -0.103. The molecule has 2 fully saturated rings. The normalized spacial score (nSPS) is 21.3. The van der Waals surface area contributed by atoms with Gasteiger partial charge in [0.25, 0.3) is 0 Å². The van der Waals surface area contributed by atoms with Gasteiger partial charge in [0.05, 0.1) is 19.8 Å². The van der Waals surface area contributed by atoms with E-state index in [0.29, 0.717) is 12.1 Å². The molecule has 0 bridgehead atoms. The summed E-state index contributed by atoms with van der Waals surface area (Å²) in [6.07, 6.45) is 11.5. The minimum absolute atomic E-state index is 0.195. The second-order valence-corrected chi connectivity index (χ2v) is 6.97. The van der Waals surface area contributed by atoms with E-state index in [4.69, 9.17) is 9.47 Å². The van der Waals surface area contributed by atoms with Gasteiger partial charge in [0.2, 0.25) is 0 Å². The molecule has 0 saturated heterocycles. The fourth-order valence-electron chi connectivity index (χ4n) is 4.28. The molecule has 0 heterocycles. The SMILES string of the molecule is C=C(C(=O)OC)C(C(=O)OC)N(C1CCCCC1)C1CCCCC1. The Morgan fingerprint density at radius 1 is 0.875 bits per heavy atom. The summed E-state index contributed by atoms with van der Waals surface area (Å²) in [5.41, 5.74) is 0.195. The number of hydrogen-bond acceptors (Lipinski definition) is 5. The summed E-state index contributed by atoms with van der Waals surface area (Å²) in [6.45, 7) is 3.89. The molecule has 5 nitrogen and oxygen atoms in total. The van der Waals surface area contributed by atoms with Gasteiger partial charge in [0.15, 0.2) is 0 Å². The maximum atomic E-state index is 12.6. The van der Waals surface area contributed by atoms with Crippen LogP contribution in [0.25, 0.3) is 0 Å². The summed E-state index contributed by atoms with van der Waals surface area (Å²) >= 11 is 0. The third-order valence-corrected chi connectivity index (χ3v) is 5.49. The van der Waals surface area contributed by atoms with E-state index in [2.05, 4.69) is 11.5 Å². The molecule has 0 aromatic heterocycles. The fraction of sp³-hybridized carbons (Fsp3) is 0.789. The third kappa shape index (κ3) is 4.38. The van der Waals surface area contributed by atoms with Gasteiger partial charge in [-0.05, 0) is 25.7 Å². The Hall–Kier alpha value is -1.36. The predicted octanol–water partition coefficient (Wildman–Crippen LogP) is 3.22. The number of methoxy groups -OCH3 is 2. The molecule has 0 spiro atoms. The molecule has 0 aromatic carbocycles. The molecule has 2 aliphatic carbocycles. The molecule has 0 N–H and O–H groups in total. The zero-order valence-electron chi connectivity index (χ0n) is 15.1. The molecule has 24 heavy (non-hydrogen) atoms. The first-order chi connectivity index (χ1) is 11.6. The number of nitrogens with zero attached hydrogens (tertiary/aromatic N) is 1. The zero-order chi connectivity index (χ0) is 17.5. The summed E-state index contributed by atoms with van der Waals surface area (Å²) < 4.78 is 9.88. The molecule has 136 valence electrons. The second-order valence-electron chi connectivity index (χ2n) is 6.97. The monoisotopic (exact) mass is 337 g/mol. The van der Waals surface area contributed by atoms with E-state index in [1.54, 1.807) is 0 Å². The van der Waals surface area contributed by atoms with Crippen LogP contribution in [0.5, 0.6) is 0 Å². The number of esters is 2. The van der Waals surface area contributed by atoms with Crippen LogP contribution in [0, 0.1) is 0 Å². The Labute approximate surface area is 145 Å². The summed E-state index contributed by atoms with van der Waals surface area (Å²) in [4.78, 5) is 26.9. The van der Waals surface area contributed by atoms with E-state index in [1.807, 2.05) is 0 Å². The molecule has 0 aromatic rings. The molecular formula is C19H31NO4. The number of ether oxygens (including phenoxy) is 2. The summed E-state index contributed by atoms with van der Waals surface area (Å²) in [5, 5.41) is 0. The van der Waals surface area contributed by atoms with Crippen molar-refractivity contribution in [2.75, 3.05) is 14.2 Å². The van der Waals surface area contributed by atoms with Gasteiger partial charge in [0, 0.05) is 12.1 Å². The molecule has 2 aliphatic rings. The maximum Gasteiger partial charge on any atom is 0.335 e. The van der Waals surface area contributed by atoms with E-state index in [0.717, 1.165) is 25.7 Å². The van der Waals surface area contributed by atoms with Crippen LogP contribution in [-0.4, -0.2) is 49.2 Å². The quantitative estimate of drug-likeness (QED) is 0.550. The number of rotatable bonds is 6. The summed E-state index contributed by atoms with van der Waals surface area (Å²) in [5.74, 6) is -0.927. The van der Waals surface area contributed by atoms with Crippen molar-refractivity contribution in [3.63, 3.8) is 0 Å². The Kier molecular flexibility index (Phi) is 7.28. The molecule has 0 radical (unpaired) electrons. The van der Waals surface area contributed by atoms with Crippen LogP contribution in [0.4, 0.5) is 0 Å². The highest BCUT2D eigenvalue weighted by Crippen LogP contribution is 2.33.